The van der Waals surface area contributed by atoms with Crippen molar-refractivity contribution >= 4 is 21.8 Å². The number of aryl methyl sites for hydroxylation is 1. The Morgan fingerprint density at radius 1 is 0.477 bits per heavy atom. The number of aromatic nitrogens is 5. The van der Waals surface area contributed by atoms with Gasteiger partial charge in [-0.3, -0.25) is 4.98 Å². The second-order valence-electron chi connectivity index (χ2n) is 10.9. The predicted octanol–water partition coefficient (Wildman–Crippen LogP) is 9.34. The highest BCUT2D eigenvalue weighted by Crippen LogP contribution is 2.38. The Morgan fingerprint density at radius 2 is 1.09 bits per heavy atom. The fourth-order valence-electron chi connectivity index (χ4n) is 5.87. The second-order valence-corrected chi connectivity index (χ2v) is 10.9. The highest BCUT2D eigenvalue weighted by Gasteiger charge is 2.19. The Labute approximate surface area is 255 Å². The molecule has 44 heavy (non-hydrogen) atoms. The minimum atomic E-state index is 0.614. The number of benzene rings is 5. The summed E-state index contributed by atoms with van der Waals surface area (Å²) in [4.78, 5) is 19.7. The summed E-state index contributed by atoms with van der Waals surface area (Å²) in [7, 11) is 0. The molecule has 3 aromatic heterocycles. The lowest BCUT2D eigenvalue weighted by Crippen LogP contribution is -2.02. The molecule has 8 rings (SSSR count). The Kier molecular flexibility index (Phi) is 6.27. The smallest absolute Gasteiger partial charge is 0.164 e. The first kappa shape index (κ1) is 25.7. The lowest BCUT2D eigenvalue weighted by molar-refractivity contribution is 1.07. The van der Waals surface area contributed by atoms with Crippen LogP contribution in [0.1, 0.15) is 5.56 Å². The van der Waals surface area contributed by atoms with Gasteiger partial charge in [0.15, 0.2) is 17.5 Å². The van der Waals surface area contributed by atoms with Gasteiger partial charge in [-0.25, -0.2) is 15.0 Å². The third kappa shape index (κ3) is 4.52. The molecule has 0 atom stereocenters. The molecule has 0 aliphatic heterocycles. The first-order valence-corrected chi connectivity index (χ1v) is 14.7. The van der Waals surface area contributed by atoms with Crippen LogP contribution in [0.5, 0.6) is 0 Å². The van der Waals surface area contributed by atoms with Crippen LogP contribution in [0.3, 0.4) is 0 Å². The van der Waals surface area contributed by atoms with Crippen molar-refractivity contribution in [1.82, 2.24) is 24.5 Å². The van der Waals surface area contributed by atoms with Crippen LogP contribution in [-0.2, 0) is 0 Å². The summed E-state index contributed by atoms with van der Waals surface area (Å²) in [6, 6.07) is 47.8. The lowest BCUT2D eigenvalue weighted by Gasteiger charge is -2.16. The van der Waals surface area contributed by atoms with Gasteiger partial charge in [0.2, 0.25) is 0 Å². The van der Waals surface area contributed by atoms with Crippen molar-refractivity contribution in [2.75, 3.05) is 0 Å². The van der Waals surface area contributed by atoms with Gasteiger partial charge >= 0.3 is 0 Å². The van der Waals surface area contributed by atoms with Crippen molar-refractivity contribution in [2.45, 2.75) is 6.92 Å². The third-order valence-electron chi connectivity index (χ3n) is 7.97. The van der Waals surface area contributed by atoms with Crippen molar-refractivity contribution < 1.29 is 0 Å². The molecule has 0 N–H and O–H groups in total. The minimum Gasteiger partial charge on any atom is -0.309 e. The highest BCUT2D eigenvalue weighted by molar-refractivity contribution is 6.10. The quantitative estimate of drug-likeness (QED) is 0.209. The molecule has 0 spiro atoms. The number of nitrogens with zero attached hydrogens (tertiary/aromatic N) is 5. The number of rotatable bonds is 5. The summed E-state index contributed by atoms with van der Waals surface area (Å²) in [6.45, 7) is 2.14. The molecule has 0 bridgehead atoms. The Bertz CT molecular complexity index is 2220. The maximum absolute atomic E-state index is 5.02. The van der Waals surface area contributed by atoms with Crippen molar-refractivity contribution in [3.63, 3.8) is 0 Å². The van der Waals surface area contributed by atoms with Crippen LogP contribution < -0.4 is 0 Å². The monoisotopic (exact) mass is 565 g/mol. The van der Waals surface area contributed by atoms with Crippen LogP contribution in [0.4, 0.5) is 0 Å². The van der Waals surface area contributed by atoms with Crippen LogP contribution in [-0.4, -0.2) is 24.5 Å². The van der Waals surface area contributed by atoms with Crippen molar-refractivity contribution in [3.8, 4) is 51.1 Å². The number of pyridine rings is 1. The molecule has 0 amide bonds. The van der Waals surface area contributed by atoms with Crippen molar-refractivity contribution in [2.24, 2.45) is 0 Å². The molecule has 8 aromatic rings. The van der Waals surface area contributed by atoms with E-state index in [0.29, 0.717) is 17.5 Å². The largest absolute Gasteiger partial charge is 0.309 e. The fourth-order valence-corrected chi connectivity index (χ4v) is 5.87. The zero-order valence-corrected chi connectivity index (χ0v) is 24.1. The van der Waals surface area contributed by atoms with Gasteiger partial charge < -0.3 is 4.57 Å². The molecular formula is C39H27N5. The van der Waals surface area contributed by atoms with Gasteiger partial charge in [0, 0.05) is 39.2 Å². The van der Waals surface area contributed by atoms with E-state index in [1.54, 1.807) is 0 Å². The molecule has 0 radical (unpaired) electrons. The summed E-state index contributed by atoms with van der Waals surface area (Å²) in [5, 5.41) is 2.42. The van der Waals surface area contributed by atoms with Crippen LogP contribution in [0.2, 0.25) is 0 Å². The maximum Gasteiger partial charge on any atom is 0.164 e. The van der Waals surface area contributed by atoms with E-state index in [0.717, 1.165) is 44.7 Å². The van der Waals surface area contributed by atoms with E-state index in [4.69, 9.17) is 19.9 Å². The van der Waals surface area contributed by atoms with Crippen LogP contribution in [0, 0.1) is 6.92 Å². The van der Waals surface area contributed by atoms with E-state index in [1.165, 1.54) is 16.3 Å². The zero-order valence-electron chi connectivity index (χ0n) is 24.1. The predicted molar refractivity (Wildman–Crippen MR) is 178 cm³/mol. The topological polar surface area (TPSA) is 56.5 Å². The second kappa shape index (κ2) is 10.7. The van der Waals surface area contributed by atoms with E-state index in [-0.39, 0.29) is 0 Å². The Balaban J connectivity index is 1.42. The van der Waals surface area contributed by atoms with Gasteiger partial charge in [-0.2, -0.15) is 0 Å². The van der Waals surface area contributed by atoms with Crippen molar-refractivity contribution in [3.05, 3.63) is 151 Å². The third-order valence-corrected chi connectivity index (χ3v) is 7.97. The molecule has 208 valence electrons. The van der Waals surface area contributed by atoms with E-state index in [9.17, 15) is 0 Å². The van der Waals surface area contributed by atoms with E-state index in [1.807, 2.05) is 79.0 Å². The average Bonchev–Trinajstić information content (AvgIpc) is 3.42. The summed E-state index contributed by atoms with van der Waals surface area (Å²) in [6.07, 6.45) is 1.84. The number of fused-ring (bicyclic) bond motifs is 3. The molecule has 0 saturated carbocycles. The van der Waals surface area contributed by atoms with E-state index in [2.05, 4.69) is 78.2 Å². The standard InChI is InChI=1S/C39H27N5/c1-26-19-21-31-30-16-8-9-18-34(30)44(35(31)24-26)36-25-29(20-22-32(36)33-17-10-11-23-40-33)39-42-37(27-12-4-2-5-13-27)41-38(43-39)28-14-6-3-7-15-28/h2-25H,1H3. The van der Waals surface area contributed by atoms with Gasteiger partial charge in [-0.1, -0.05) is 103 Å². The fraction of sp³-hybridized carbons (Fsp3) is 0.0256. The molecule has 0 unspecified atom stereocenters. The molecule has 0 aliphatic rings. The lowest BCUT2D eigenvalue weighted by atomic mass is 10.0. The molecule has 0 aliphatic carbocycles. The Hall–Kier alpha value is -5.94. The van der Waals surface area contributed by atoms with Gasteiger partial charge in [0.25, 0.3) is 0 Å². The molecule has 0 saturated heterocycles. The normalized spacial score (nSPS) is 11.3. The summed E-state index contributed by atoms with van der Waals surface area (Å²) in [5.41, 5.74) is 9.20. The number of hydrogen-bond donors (Lipinski definition) is 0. The molecule has 3 heterocycles. The molecular weight excluding hydrogens is 538 g/mol. The van der Waals surface area contributed by atoms with E-state index >= 15 is 0 Å². The van der Waals surface area contributed by atoms with Crippen LogP contribution in [0.25, 0.3) is 72.9 Å². The number of hydrogen-bond acceptors (Lipinski definition) is 4. The van der Waals surface area contributed by atoms with E-state index < -0.39 is 0 Å². The summed E-state index contributed by atoms with van der Waals surface area (Å²) >= 11 is 0. The van der Waals surface area contributed by atoms with Gasteiger partial charge in [-0.05, 0) is 48.9 Å². The summed E-state index contributed by atoms with van der Waals surface area (Å²) < 4.78 is 2.35. The Morgan fingerprint density at radius 3 is 1.77 bits per heavy atom. The van der Waals surface area contributed by atoms with Crippen LogP contribution in [0.15, 0.2) is 146 Å². The summed E-state index contributed by atoms with van der Waals surface area (Å²) in [5.74, 6) is 1.89. The van der Waals surface area contributed by atoms with Crippen molar-refractivity contribution in [1.29, 1.82) is 0 Å². The SMILES string of the molecule is Cc1ccc2c3ccccc3n(-c3cc(-c4nc(-c5ccccc5)nc(-c5ccccc5)n4)ccc3-c3ccccn3)c2c1. The zero-order chi connectivity index (χ0) is 29.5. The highest BCUT2D eigenvalue weighted by atomic mass is 15.0. The number of para-hydroxylation sites is 1. The molecule has 0 fully saturated rings. The van der Waals surface area contributed by atoms with Gasteiger partial charge in [-0.15, -0.1) is 0 Å². The molecule has 5 heteroatoms. The van der Waals surface area contributed by atoms with Gasteiger partial charge in [0.1, 0.15) is 0 Å². The van der Waals surface area contributed by atoms with Crippen LogP contribution >= 0.6 is 0 Å². The average molecular weight is 566 g/mol. The van der Waals surface area contributed by atoms with Gasteiger partial charge in [0.05, 0.1) is 22.4 Å². The first-order valence-electron chi connectivity index (χ1n) is 14.7. The molecule has 5 nitrogen and oxygen atoms in total. The first-order chi connectivity index (χ1) is 21.7. The minimum absolute atomic E-state index is 0.614. The molecule has 5 aromatic carbocycles. The maximum atomic E-state index is 5.02.